The van der Waals surface area contributed by atoms with Gasteiger partial charge in [-0.05, 0) is 25.7 Å². The van der Waals surface area contributed by atoms with Gasteiger partial charge in [-0.25, -0.2) is 4.79 Å². The topological polar surface area (TPSA) is 35.6 Å². The Morgan fingerprint density at radius 3 is 2.55 bits per heavy atom. The quantitative estimate of drug-likeness (QED) is 0.760. The summed E-state index contributed by atoms with van der Waals surface area (Å²) in [5, 5.41) is 3.16. The number of carbonyl (C=O) groups excluding carboxylic acids is 1. The van der Waals surface area contributed by atoms with E-state index in [1.54, 1.807) is 0 Å². The van der Waals surface area contributed by atoms with Gasteiger partial charge in [0.2, 0.25) is 0 Å². The van der Waals surface area contributed by atoms with Crippen LogP contribution in [0.2, 0.25) is 0 Å². The van der Waals surface area contributed by atoms with Crippen LogP contribution in [0.3, 0.4) is 0 Å². The van der Waals surface area contributed by atoms with Crippen LogP contribution >= 0.6 is 0 Å². The summed E-state index contributed by atoms with van der Waals surface area (Å²) >= 11 is 0. The van der Waals surface area contributed by atoms with E-state index in [-0.39, 0.29) is 6.03 Å². The van der Waals surface area contributed by atoms with Crippen molar-refractivity contribution < 1.29 is 4.79 Å². The highest BCUT2D eigenvalue weighted by molar-refractivity contribution is 5.74. The van der Waals surface area contributed by atoms with Crippen molar-refractivity contribution in [3.63, 3.8) is 0 Å². The molecule has 1 rings (SSSR count). The number of rotatable bonds is 6. The number of urea groups is 1. The zero-order chi connectivity index (χ0) is 15.1. The Kier molecular flexibility index (Phi) is 7.06. The van der Waals surface area contributed by atoms with Gasteiger partial charge in [0.1, 0.15) is 0 Å². The lowest BCUT2D eigenvalue weighted by Gasteiger charge is -2.33. The SMILES string of the molecule is C=C(C)CN1CCC(NC(=O)N(C)C[C@H](C)CC)CC1. The highest BCUT2D eigenvalue weighted by Crippen LogP contribution is 2.12. The predicted molar refractivity (Wildman–Crippen MR) is 84.9 cm³/mol. The molecule has 0 radical (unpaired) electrons. The van der Waals surface area contributed by atoms with Gasteiger partial charge in [-0.3, -0.25) is 4.90 Å². The maximum atomic E-state index is 12.1. The molecule has 0 unspecified atom stereocenters. The first-order valence-corrected chi connectivity index (χ1v) is 7.80. The Morgan fingerprint density at radius 1 is 1.45 bits per heavy atom. The first kappa shape index (κ1) is 17.0. The van der Waals surface area contributed by atoms with E-state index < -0.39 is 0 Å². The third-order valence-corrected chi connectivity index (χ3v) is 4.04. The minimum absolute atomic E-state index is 0.0728. The molecule has 0 aromatic rings. The predicted octanol–water partition coefficient (Wildman–Crippen LogP) is 2.71. The van der Waals surface area contributed by atoms with Crippen LogP contribution in [0.1, 0.15) is 40.0 Å². The molecular formula is C16H31N3O. The van der Waals surface area contributed by atoms with Crippen molar-refractivity contribution in [3.05, 3.63) is 12.2 Å². The van der Waals surface area contributed by atoms with Crippen LogP contribution in [-0.4, -0.2) is 55.1 Å². The largest absolute Gasteiger partial charge is 0.335 e. The molecule has 1 aliphatic rings. The minimum atomic E-state index is 0.0728. The Bertz CT molecular complexity index is 322. The van der Waals surface area contributed by atoms with Crippen molar-refractivity contribution in [3.8, 4) is 0 Å². The second-order valence-corrected chi connectivity index (χ2v) is 6.35. The van der Waals surface area contributed by atoms with Crippen LogP contribution in [0.15, 0.2) is 12.2 Å². The molecule has 1 N–H and O–H groups in total. The summed E-state index contributed by atoms with van der Waals surface area (Å²) in [5.74, 6) is 0.558. The Balaban J connectivity index is 2.29. The van der Waals surface area contributed by atoms with Gasteiger partial charge in [-0.15, -0.1) is 0 Å². The molecule has 0 spiro atoms. The standard InChI is InChI=1S/C16H31N3O/c1-6-14(4)12-18(5)16(20)17-15-7-9-19(10-8-15)11-13(2)3/h14-15H,2,6-12H2,1,3-5H3,(H,17,20)/t14-/m1/s1. The van der Waals surface area contributed by atoms with Crippen LogP contribution in [0.4, 0.5) is 4.79 Å². The van der Waals surface area contributed by atoms with Gasteiger partial charge in [0.25, 0.3) is 0 Å². The lowest BCUT2D eigenvalue weighted by molar-refractivity contribution is 0.179. The third-order valence-electron chi connectivity index (χ3n) is 4.04. The minimum Gasteiger partial charge on any atom is -0.335 e. The summed E-state index contributed by atoms with van der Waals surface area (Å²) in [6.45, 7) is 14.3. The number of amides is 2. The zero-order valence-electron chi connectivity index (χ0n) is 13.6. The number of carbonyl (C=O) groups is 1. The van der Waals surface area contributed by atoms with E-state index >= 15 is 0 Å². The van der Waals surface area contributed by atoms with E-state index in [2.05, 4.69) is 37.6 Å². The summed E-state index contributed by atoms with van der Waals surface area (Å²) < 4.78 is 0. The van der Waals surface area contributed by atoms with E-state index in [9.17, 15) is 4.79 Å². The van der Waals surface area contributed by atoms with Crippen molar-refractivity contribution in [2.24, 2.45) is 5.92 Å². The van der Waals surface area contributed by atoms with Crippen molar-refractivity contribution in [1.29, 1.82) is 0 Å². The fourth-order valence-corrected chi connectivity index (χ4v) is 2.58. The smallest absolute Gasteiger partial charge is 0.317 e. The number of hydrogen-bond acceptors (Lipinski definition) is 2. The summed E-state index contributed by atoms with van der Waals surface area (Å²) in [6, 6.07) is 0.395. The molecule has 20 heavy (non-hydrogen) atoms. The van der Waals surface area contributed by atoms with E-state index in [4.69, 9.17) is 0 Å². The summed E-state index contributed by atoms with van der Waals surface area (Å²) in [5.41, 5.74) is 1.21. The molecule has 0 bridgehead atoms. The molecule has 1 saturated heterocycles. The number of nitrogens with one attached hydrogen (secondary N) is 1. The first-order chi connectivity index (χ1) is 9.42. The molecule has 0 aliphatic carbocycles. The van der Waals surface area contributed by atoms with E-state index in [1.807, 2.05) is 11.9 Å². The van der Waals surface area contributed by atoms with E-state index in [0.717, 1.165) is 45.4 Å². The lowest BCUT2D eigenvalue weighted by atomic mass is 10.0. The molecule has 0 aromatic heterocycles. The fraction of sp³-hybridized carbons (Fsp3) is 0.812. The van der Waals surface area contributed by atoms with Gasteiger partial charge in [-0.2, -0.15) is 0 Å². The monoisotopic (exact) mass is 281 g/mol. The maximum Gasteiger partial charge on any atom is 0.317 e. The molecule has 1 fully saturated rings. The maximum absolute atomic E-state index is 12.1. The highest BCUT2D eigenvalue weighted by Gasteiger charge is 2.22. The van der Waals surface area contributed by atoms with Crippen molar-refractivity contribution in [2.75, 3.05) is 33.2 Å². The van der Waals surface area contributed by atoms with Gasteiger partial charge in [0.05, 0.1) is 0 Å². The van der Waals surface area contributed by atoms with Gasteiger partial charge in [-0.1, -0.05) is 32.4 Å². The molecule has 116 valence electrons. The van der Waals surface area contributed by atoms with Gasteiger partial charge in [0, 0.05) is 39.3 Å². The fourth-order valence-electron chi connectivity index (χ4n) is 2.58. The molecule has 0 saturated carbocycles. The molecule has 0 aromatic carbocycles. The van der Waals surface area contributed by atoms with E-state index in [1.165, 1.54) is 5.57 Å². The summed E-state index contributed by atoms with van der Waals surface area (Å²) in [4.78, 5) is 16.3. The van der Waals surface area contributed by atoms with Crippen LogP contribution in [0, 0.1) is 5.92 Å². The average Bonchev–Trinajstić information content (AvgIpc) is 2.40. The van der Waals surface area contributed by atoms with Gasteiger partial charge in [0.15, 0.2) is 0 Å². The Labute approximate surface area is 124 Å². The number of piperidine rings is 1. The Hall–Kier alpha value is -1.03. The second kappa shape index (κ2) is 8.30. The van der Waals surface area contributed by atoms with Gasteiger partial charge < -0.3 is 10.2 Å². The van der Waals surface area contributed by atoms with Crippen molar-refractivity contribution in [1.82, 2.24) is 15.1 Å². The first-order valence-electron chi connectivity index (χ1n) is 7.80. The van der Waals surface area contributed by atoms with Crippen molar-refractivity contribution >= 4 is 6.03 Å². The molecule has 4 nitrogen and oxygen atoms in total. The van der Waals surface area contributed by atoms with Crippen LogP contribution < -0.4 is 5.32 Å². The summed E-state index contributed by atoms with van der Waals surface area (Å²) in [6.07, 6.45) is 3.18. The lowest BCUT2D eigenvalue weighted by Crippen LogP contribution is -2.49. The molecule has 1 aliphatic heterocycles. The van der Waals surface area contributed by atoms with Gasteiger partial charge >= 0.3 is 6.03 Å². The number of hydrogen-bond donors (Lipinski definition) is 1. The third kappa shape index (κ3) is 5.95. The Morgan fingerprint density at radius 2 is 2.05 bits per heavy atom. The normalized spacial score (nSPS) is 18.6. The van der Waals surface area contributed by atoms with Crippen molar-refractivity contribution in [2.45, 2.75) is 46.1 Å². The molecule has 1 heterocycles. The molecular weight excluding hydrogens is 250 g/mol. The van der Waals surface area contributed by atoms with Crippen LogP contribution in [0.5, 0.6) is 0 Å². The zero-order valence-corrected chi connectivity index (χ0v) is 13.6. The van der Waals surface area contributed by atoms with E-state index in [0.29, 0.717) is 12.0 Å². The second-order valence-electron chi connectivity index (χ2n) is 6.35. The number of nitrogens with zero attached hydrogens (tertiary/aromatic N) is 2. The molecule has 4 heteroatoms. The number of likely N-dealkylation sites (tertiary alicyclic amines) is 1. The molecule has 1 atom stereocenters. The summed E-state index contributed by atoms with van der Waals surface area (Å²) in [7, 11) is 1.89. The highest BCUT2D eigenvalue weighted by atomic mass is 16.2. The molecule has 2 amide bonds. The average molecular weight is 281 g/mol. The van der Waals surface area contributed by atoms with Crippen LogP contribution in [0.25, 0.3) is 0 Å². The van der Waals surface area contributed by atoms with Crippen LogP contribution in [-0.2, 0) is 0 Å².